The fourth-order valence-corrected chi connectivity index (χ4v) is 2.68. The van der Waals surface area contributed by atoms with Gasteiger partial charge in [-0.2, -0.15) is 5.10 Å². The largest absolute Gasteiger partial charge is 0.328 e. The quantitative estimate of drug-likeness (QED) is 0.803. The number of hydrogen-bond acceptors (Lipinski definition) is 4. The molecule has 2 aromatic heterocycles. The molecule has 4 rings (SSSR count). The lowest BCUT2D eigenvalue weighted by atomic mass is 10.1. The van der Waals surface area contributed by atoms with Gasteiger partial charge in [0.1, 0.15) is 0 Å². The smallest absolute Gasteiger partial charge is 0.0927 e. The van der Waals surface area contributed by atoms with Gasteiger partial charge in [-0.25, -0.2) is 4.98 Å². The fraction of sp³-hybridized carbons (Fsp3) is 0.353. The molecule has 22 heavy (non-hydrogen) atoms. The fourth-order valence-electron chi connectivity index (χ4n) is 2.68. The molecular weight excluding hydrogens is 274 g/mol. The molecule has 0 radical (unpaired) electrons. The number of benzene rings is 1. The third-order valence-electron chi connectivity index (χ3n) is 4.24. The summed E-state index contributed by atoms with van der Waals surface area (Å²) in [7, 11) is 0. The summed E-state index contributed by atoms with van der Waals surface area (Å²) in [5, 5.41) is 4.77. The Morgan fingerprint density at radius 3 is 2.77 bits per heavy atom. The Hall–Kier alpha value is -2.27. The molecule has 1 unspecified atom stereocenters. The minimum atomic E-state index is 0.194. The third kappa shape index (κ3) is 2.27. The summed E-state index contributed by atoms with van der Waals surface area (Å²) in [6.45, 7) is 2.66. The van der Waals surface area contributed by atoms with E-state index in [0.717, 1.165) is 28.0 Å². The van der Waals surface area contributed by atoms with Crippen LogP contribution >= 0.6 is 0 Å². The first-order chi connectivity index (χ1) is 10.8. The van der Waals surface area contributed by atoms with Crippen molar-refractivity contribution in [2.24, 2.45) is 5.73 Å². The van der Waals surface area contributed by atoms with Gasteiger partial charge in [-0.05, 0) is 31.9 Å². The molecule has 0 spiro atoms. The first kappa shape index (κ1) is 13.4. The van der Waals surface area contributed by atoms with Gasteiger partial charge in [-0.3, -0.25) is 9.67 Å². The van der Waals surface area contributed by atoms with Crippen LogP contribution < -0.4 is 5.73 Å². The maximum atomic E-state index is 5.78. The van der Waals surface area contributed by atoms with Crippen molar-refractivity contribution in [3.63, 3.8) is 0 Å². The number of hydrogen-bond donors (Lipinski definition) is 1. The maximum absolute atomic E-state index is 5.78. The minimum absolute atomic E-state index is 0.194. The summed E-state index contributed by atoms with van der Waals surface area (Å²) in [4.78, 5) is 9.30. The molecule has 1 atom stereocenters. The Balaban J connectivity index is 1.83. The summed E-state index contributed by atoms with van der Waals surface area (Å²) in [5.41, 5.74) is 10.8. The lowest BCUT2D eigenvalue weighted by molar-refractivity contribution is 0.496. The van der Waals surface area contributed by atoms with Crippen LogP contribution in [0.15, 0.2) is 36.7 Å². The van der Waals surface area contributed by atoms with Crippen LogP contribution in [0.4, 0.5) is 0 Å². The molecule has 112 valence electrons. The topological polar surface area (TPSA) is 69.6 Å². The van der Waals surface area contributed by atoms with Gasteiger partial charge >= 0.3 is 0 Å². The highest BCUT2D eigenvalue weighted by Crippen LogP contribution is 2.43. The van der Waals surface area contributed by atoms with Crippen LogP contribution in [0.1, 0.15) is 37.4 Å². The number of fused-ring (bicyclic) bond motifs is 1. The zero-order valence-electron chi connectivity index (χ0n) is 12.6. The number of nitrogens with zero attached hydrogens (tertiary/aromatic N) is 4. The highest BCUT2D eigenvalue weighted by molar-refractivity contribution is 5.77. The van der Waals surface area contributed by atoms with Crippen LogP contribution in [0, 0.1) is 0 Å². The molecule has 0 amide bonds. The SMILES string of the molecule is CC(CN)n1cc(-c2cnc3ccccc3n2)c(C2CC2)n1. The van der Waals surface area contributed by atoms with E-state index in [-0.39, 0.29) is 6.04 Å². The monoisotopic (exact) mass is 293 g/mol. The molecule has 0 saturated heterocycles. The zero-order valence-corrected chi connectivity index (χ0v) is 12.6. The van der Waals surface area contributed by atoms with E-state index in [9.17, 15) is 0 Å². The Bertz CT molecular complexity index is 819. The van der Waals surface area contributed by atoms with Gasteiger partial charge < -0.3 is 5.73 Å². The standard InChI is InChI=1S/C17H19N5/c1-11(8-18)22-10-13(17(21-22)12-6-7-12)16-9-19-14-4-2-3-5-15(14)20-16/h2-5,9-12H,6-8,18H2,1H3. The second-order valence-corrected chi connectivity index (χ2v) is 6.01. The van der Waals surface area contributed by atoms with Crippen molar-refractivity contribution in [3.8, 4) is 11.3 Å². The first-order valence-corrected chi connectivity index (χ1v) is 7.77. The first-order valence-electron chi connectivity index (χ1n) is 7.77. The van der Waals surface area contributed by atoms with Crippen LogP contribution in [0.25, 0.3) is 22.3 Å². The molecule has 1 aliphatic carbocycles. The van der Waals surface area contributed by atoms with E-state index in [4.69, 9.17) is 15.8 Å². The summed E-state index contributed by atoms with van der Waals surface area (Å²) in [5.74, 6) is 0.564. The summed E-state index contributed by atoms with van der Waals surface area (Å²) < 4.78 is 1.97. The van der Waals surface area contributed by atoms with E-state index in [1.807, 2.05) is 35.1 Å². The number of para-hydroxylation sites is 2. The Morgan fingerprint density at radius 2 is 2.05 bits per heavy atom. The second kappa shape index (κ2) is 5.18. The molecular formula is C17H19N5. The average molecular weight is 293 g/mol. The van der Waals surface area contributed by atoms with E-state index in [0.29, 0.717) is 12.5 Å². The van der Waals surface area contributed by atoms with E-state index in [1.165, 1.54) is 12.8 Å². The van der Waals surface area contributed by atoms with Crippen LogP contribution in [0.5, 0.6) is 0 Å². The van der Waals surface area contributed by atoms with Crippen molar-refractivity contribution in [2.75, 3.05) is 6.54 Å². The molecule has 1 aliphatic rings. The predicted octanol–water partition coefficient (Wildman–Crippen LogP) is 2.89. The van der Waals surface area contributed by atoms with Crippen LogP contribution in [-0.2, 0) is 0 Å². The lowest BCUT2D eigenvalue weighted by Gasteiger charge is -2.07. The predicted molar refractivity (Wildman–Crippen MR) is 86.5 cm³/mol. The van der Waals surface area contributed by atoms with Gasteiger partial charge in [0.15, 0.2) is 0 Å². The molecule has 3 aromatic rings. The number of rotatable bonds is 4. The number of nitrogens with two attached hydrogens (primary N) is 1. The molecule has 2 N–H and O–H groups in total. The summed E-state index contributed by atoms with van der Waals surface area (Å²) in [6.07, 6.45) is 6.34. The third-order valence-corrected chi connectivity index (χ3v) is 4.24. The van der Waals surface area contributed by atoms with Gasteiger partial charge in [0, 0.05) is 24.2 Å². The van der Waals surface area contributed by atoms with E-state index in [2.05, 4.69) is 18.1 Å². The lowest BCUT2D eigenvalue weighted by Crippen LogP contribution is -2.16. The van der Waals surface area contributed by atoms with Crippen molar-refractivity contribution in [1.82, 2.24) is 19.7 Å². The van der Waals surface area contributed by atoms with Crippen molar-refractivity contribution >= 4 is 11.0 Å². The van der Waals surface area contributed by atoms with Gasteiger partial charge in [0.2, 0.25) is 0 Å². The molecule has 1 fully saturated rings. The minimum Gasteiger partial charge on any atom is -0.328 e. The van der Waals surface area contributed by atoms with E-state index < -0.39 is 0 Å². The average Bonchev–Trinajstić information content (AvgIpc) is 3.32. The summed E-state index contributed by atoms with van der Waals surface area (Å²) in [6, 6.07) is 8.14. The van der Waals surface area contributed by atoms with Gasteiger partial charge in [-0.1, -0.05) is 12.1 Å². The van der Waals surface area contributed by atoms with Gasteiger partial charge in [0.05, 0.1) is 34.7 Å². The van der Waals surface area contributed by atoms with Crippen molar-refractivity contribution < 1.29 is 0 Å². The summed E-state index contributed by atoms with van der Waals surface area (Å²) >= 11 is 0. The Kier molecular flexibility index (Phi) is 3.15. The molecule has 0 aliphatic heterocycles. The van der Waals surface area contributed by atoms with Crippen molar-refractivity contribution in [2.45, 2.75) is 31.7 Å². The Labute approximate surface area is 129 Å². The van der Waals surface area contributed by atoms with Crippen LogP contribution in [-0.4, -0.2) is 26.3 Å². The van der Waals surface area contributed by atoms with E-state index in [1.54, 1.807) is 0 Å². The maximum Gasteiger partial charge on any atom is 0.0927 e. The van der Waals surface area contributed by atoms with E-state index >= 15 is 0 Å². The van der Waals surface area contributed by atoms with Crippen molar-refractivity contribution in [1.29, 1.82) is 0 Å². The molecule has 1 saturated carbocycles. The second-order valence-electron chi connectivity index (χ2n) is 6.01. The van der Waals surface area contributed by atoms with Crippen molar-refractivity contribution in [3.05, 3.63) is 42.4 Å². The molecule has 5 heteroatoms. The zero-order chi connectivity index (χ0) is 15.1. The normalized spacial score (nSPS) is 16.1. The molecule has 0 bridgehead atoms. The van der Waals surface area contributed by atoms with Gasteiger partial charge in [0.25, 0.3) is 0 Å². The number of aromatic nitrogens is 4. The van der Waals surface area contributed by atoms with Gasteiger partial charge in [-0.15, -0.1) is 0 Å². The molecule has 1 aromatic carbocycles. The van der Waals surface area contributed by atoms with Crippen LogP contribution in [0.2, 0.25) is 0 Å². The molecule has 5 nitrogen and oxygen atoms in total. The highest BCUT2D eigenvalue weighted by atomic mass is 15.3. The Morgan fingerprint density at radius 1 is 1.27 bits per heavy atom. The highest BCUT2D eigenvalue weighted by Gasteiger charge is 2.30. The van der Waals surface area contributed by atoms with Crippen LogP contribution in [0.3, 0.4) is 0 Å². The molecule has 2 heterocycles.